The van der Waals surface area contributed by atoms with Gasteiger partial charge in [0, 0.05) is 6.54 Å². The Morgan fingerprint density at radius 1 is 1.11 bits per heavy atom. The zero-order valence-electron chi connectivity index (χ0n) is 10.1. The summed E-state index contributed by atoms with van der Waals surface area (Å²) in [5.74, 6) is 0. The van der Waals surface area contributed by atoms with E-state index < -0.39 is 10.0 Å². The molecule has 0 N–H and O–H groups in total. The van der Waals surface area contributed by atoms with Gasteiger partial charge in [-0.2, -0.15) is 0 Å². The Bertz CT molecular complexity index is 577. The van der Waals surface area contributed by atoms with E-state index in [1.54, 1.807) is 17.5 Å². The predicted molar refractivity (Wildman–Crippen MR) is 75.6 cm³/mol. The second kappa shape index (κ2) is 5.54. The van der Waals surface area contributed by atoms with Crippen LogP contribution in [0, 0.1) is 0 Å². The van der Waals surface area contributed by atoms with Crippen LogP contribution in [0.2, 0.25) is 0 Å². The average molecular weight is 281 g/mol. The molecule has 0 fully saturated rings. The molecule has 0 unspecified atom stereocenters. The van der Waals surface area contributed by atoms with Gasteiger partial charge in [-0.1, -0.05) is 31.2 Å². The van der Waals surface area contributed by atoms with E-state index in [0.29, 0.717) is 16.4 Å². The van der Waals surface area contributed by atoms with Gasteiger partial charge in [0.25, 0.3) is 10.0 Å². The Kier molecular flexibility index (Phi) is 4.04. The highest BCUT2D eigenvalue weighted by Gasteiger charge is 2.24. The molecule has 0 aliphatic rings. The number of benzene rings is 1. The van der Waals surface area contributed by atoms with Crippen LogP contribution in [0.5, 0.6) is 0 Å². The third kappa shape index (κ3) is 2.57. The molecule has 0 aliphatic carbocycles. The van der Waals surface area contributed by atoms with Gasteiger partial charge in [0.2, 0.25) is 0 Å². The topological polar surface area (TPSA) is 37.4 Å². The maximum absolute atomic E-state index is 12.5. The van der Waals surface area contributed by atoms with E-state index in [2.05, 4.69) is 0 Å². The molecular formula is C13H15NO2S2. The first-order chi connectivity index (χ1) is 8.66. The van der Waals surface area contributed by atoms with Crippen LogP contribution in [0.3, 0.4) is 0 Å². The zero-order valence-corrected chi connectivity index (χ0v) is 11.7. The minimum absolute atomic E-state index is 0.389. The molecule has 0 atom stereocenters. The Labute approximate surface area is 112 Å². The van der Waals surface area contributed by atoms with Gasteiger partial charge in [-0.15, -0.1) is 11.3 Å². The quantitative estimate of drug-likeness (QED) is 0.843. The molecular weight excluding hydrogens is 266 g/mol. The normalized spacial score (nSPS) is 11.4. The van der Waals surface area contributed by atoms with E-state index in [1.807, 2.05) is 37.3 Å². The number of para-hydroxylation sites is 1. The van der Waals surface area contributed by atoms with E-state index in [-0.39, 0.29) is 0 Å². The SMILES string of the molecule is CCCN(c1ccccc1)S(=O)(=O)c1cccs1. The van der Waals surface area contributed by atoms with E-state index in [9.17, 15) is 8.42 Å². The maximum atomic E-state index is 12.5. The second-order valence-corrected chi connectivity index (χ2v) is 6.88. The summed E-state index contributed by atoms with van der Waals surface area (Å²) >= 11 is 1.25. The Hall–Kier alpha value is -1.33. The lowest BCUT2D eigenvalue weighted by atomic mass is 10.3. The molecule has 0 aliphatic heterocycles. The smallest absolute Gasteiger partial charge is 0.266 e. The minimum Gasteiger partial charge on any atom is -0.266 e. The van der Waals surface area contributed by atoms with Gasteiger partial charge in [0.15, 0.2) is 0 Å². The Morgan fingerprint density at radius 3 is 2.39 bits per heavy atom. The first kappa shape index (κ1) is 13.1. The standard InChI is InChI=1S/C13H15NO2S2/c1-2-10-14(12-7-4-3-5-8-12)18(15,16)13-9-6-11-17-13/h3-9,11H,2,10H2,1H3. The first-order valence-corrected chi connectivity index (χ1v) is 8.09. The largest absolute Gasteiger partial charge is 0.273 e. The predicted octanol–water partition coefficient (Wildman–Crippen LogP) is 3.35. The van der Waals surface area contributed by atoms with Crippen LogP contribution in [0.25, 0.3) is 0 Å². The molecule has 0 saturated heterocycles. The van der Waals surface area contributed by atoms with Crippen molar-refractivity contribution in [2.45, 2.75) is 17.6 Å². The molecule has 3 nitrogen and oxygen atoms in total. The van der Waals surface area contributed by atoms with Crippen LogP contribution >= 0.6 is 11.3 Å². The van der Waals surface area contributed by atoms with Gasteiger partial charge in [0.1, 0.15) is 4.21 Å². The third-order valence-corrected chi connectivity index (χ3v) is 5.71. The summed E-state index contributed by atoms with van der Waals surface area (Å²) < 4.78 is 26.9. The molecule has 1 aromatic carbocycles. The van der Waals surface area contributed by atoms with Crippen LogP contribution in [-0.2, 0) is 10.0 Å². The number of anilines is 1. The van der Waals surface area contributed by atoms with Crippen molar-refractivity contribution in [2.24, 2.45) is 0 Å². The highest BCUT2D eigenvalue weighted by atomic mass is 32.2. The molecule has 5 heteroatoms. The lowest BCUT2D eigenvalue weighted by Gasteiger charge is -2.23. The van der Waals surface area contributed by atoms with Crippen LogP contribution in [0.15, 0.2) is 52.1 Å². The van der Waals surface area contributed by atoms with Gasteiger partial charge in [-0.3, -0.25) is 4.31 Å². The summed E-state index contributed by atoms with van der Waals surface area (Å²) in [6.07, 6.45) is 0.777. The van der Waals surface area contributed by atoms with Crippen LogP contribution in [0.4, 0.5) is 5.69 Å². The summed E-state index contributed by atoms with van der Waals surface area (Å²) in [5.41, 5.74) is 0.716. The fourth-order valence-corrected chi connectivity index (χ4v) is 4.37. The van der Waals surface area contributed by atoms with Gasteiger partial charge in [0.05, 0.1) is 5.69 Å². The monoisotopic (exact) mass is 281 g/mol. The third-order valence-electron chi connectivity index (χ3n) is 2.51. The average Bonchev–Trinajstić information content (AvgIpc) is 2.91. The second-order valence-electron chi connectivity index (χ2n) is 3.84. The highest BCUT2D eigenvalue weighted by Crippen LogP contribution is 2.26. The van der Waals surface area contributed by atoms with Crippen molar-refractivity contribution in [1.29, 1.82) is 0 Å². The number of hydrogen-bond acceptors (Lipinski definition) is 3. The first-order valence-electron chi connectivity index (χ1n) is 5.77. The molecule has 2 aromatic rings. The van der Waals surface area contributed by atoms with Crippen molar-refractivity contribution in [3.63, 3.8) is 0 Å². The van der Waals surface area contributed by atoms with Crippen molar-refractivity contribution < 1.29 is 8.42 Å². The van der Waals surface area contributed by atoms with E-state index in [0.717, 1.165) is 6.42 Å². The summed E-state index contributed by atoms with van der Waals surface area (Å²) in [6.45, 7) is 2.46. The number of nitrogens with zero attached hydrogens (tertiary/aromatic N) is 1. The summed E-state index contributed by atoms with van der Waals surface area (Å²) in [6, 6.07) is 12.6. The summed E-state index contributed by atoms with van der Waals surface area (Å²) in [7, 11) is -3.42. The van der Waals surface area contributed by atoms with Crippen molar-refractivity contribution >= 4 is 27.0 Å². The molecule has 96 valence electrons. The molecule has 0 bridgehead atoms. The van der Waals surface area contributed by atoms with Gasteiger partial charge in [-0.25, -0.2) is 8.42 Å². The summed E-state index contributed by atoms with van der Waals surface area (Å²) in [4.78, 5) is 0. The molecule has 0 spiro atoms. The van der Waals surface area contributed by atoms with E-state index in [1.165, 1.54) is 15.6 Å². The van der Waals surface area contributed by atoms with Gasteiger partial charge in [-0.05, 0) is 30.0 Å². The summed E-state index contributed by atoms with van der Waals surface area (Å²) in [5, 5.41) is 1.78. The van der Waals surface area contributed by atoms with Crippen LogP contribution < -0.4 is 4.31 Å². The van der Waals surface area contributed by atoms with Gasteiger partial charge < -0.3 is 0 Å². The molecule has 2 rings (SSSR count). The molecule has 0 saturated carbocycles. The fourth-order valence-electron chi connectivity index (χ4n) is 1.70. The highest BCUT2D eigenvalue weighted by molar-refractivity contribution is 7.94. The van der Waals surface area contributed by atoms with Crippen molar-refractivity contribution in [3.05, 3.63) is 47.8 Å². The zero-order chi connectivity index (χ0) is 13.0. The molecule has 18 heavy (non-hydrogen) atoms. The van der Waals surface area contributed by atoms with Crippen molar-refractivity contribution in [3.8, 4) is 0 Å². The lowest BCUT2D eigenvalue weighted by molar-refractivity contribution is 0.592. The van der Waals surface area contributed by atoms with E-state index >= 15 is 0 Å². The Balaban J connectivity index is 2.43. The fraction of sp³-hybridized carbons (Fsp3) is 0.231. The molecule has 0 radical (unpaired) electrons. The molecule has 1 heterocycles. The van der Waals surface area contributed by atoms with Crippen LogP contribution in [-0.4, -0.2) is 15.0 Å². The Morgan fingerprint density at radius 2 is 1.83 bits per heavy atom. The minimum atomic E-state index is -3.42. The lowest BCUT2D eigenvalue weighted by Crippen LogP contribution is -2.31. The number of rotatable bonds is 5. The van der Waals surface area contributed by atoms with Crippen molar-refractivity contribution in [2.75, 3.05) is 10.8 Å². The van der Waals surface area contributed by atoms with Crippen molar-refractivity contribution in [1.82, 2.24) is 0 Å². The number of hydrogen-bond donors (Lipinski definition) is 0. The molecule has 1 aromatic heterocycles. The molecule has 0 amide bonds. The number of thiophene rings is 1. The number of sulfonamides is 1. The maximum Gasteiger partial charge on any atom is 0.273 e. The van der Waals surface area contributed by atoms with E-state index in [4.69, 9.17) is 0 Å². The van der Waals surface area contributed by atoms with Gasteiger partial charge >= 0.3 is 0 Å². The van der Waals surface area contributed by atoms with Crippen LogP contribution in [0.1, 0.15) is 13.3 Å².